The fraction of sp³-hybridized carbons (Fsp3) is 0. The summed E-state index contributed by atoms with van der Waals surface area (Å²) >= 11 is 8.95. The fourth-order valence-electron chi connectivity index (χ4n) is 1.32. The van der Waals surface area contributed by atoms with E-state index in [1.165, 1.54) is 0 Å². The molecule has 16 heavy (non-hydrogen) atoms. The number of furan rings is 1. The van der Waals surface area contributed by atoms with Gasteiger partial charge in [0.1, 0.15) is 0 Å². The first-order valence-corrected chi connectivity index (χ1v) is 5.59. The number of rotatable bonds is 2. The van der Waals surface area contributed by atoms with Gasteiger partial charge in [0.15, 0.2) is 10.4 Å². The van der Waals surface area contributed by atoms with Crippen molar-refractivity contribution in [2.45, 2.75) is 0 Å². The van der Waals surface area contributed by atoms with Gasteiger partial charge in [0, 0.05) is 16.3 Å². The maximum absolute atomic E-state index is 11.9. The van der Waals surface area contributed by atoms with Crippen molar-refractivity contribution in [2.24, 2.45) is 0 Å². The van der Waals surface area contributed by atoms with Crippen molar-refractivity contribution >= 4 is 39.0 Å². The van der Waals surface area contributed by atoms with Gasteiger partial charge in [0.25, 0.3) is 0 Å². The van der Waals surface area contributed by atoms with E-state index in [2.05, 4.69) is 15.9 Å². The molecule has 0 aliphatic heterocycles. The Morgan fingerprint density at radius 1 is 1.31 bits per heavy atom. The molecule has 0 bridgehead atoms. The summed E-state index contributed by atoms with van der Waals surface area (Å²) in [6.45, 7) is 0. The van der Waals surface area contributed by atoms with E-state index in [0.717, 1.165) is 0 Å². The van der Waals surface area contributed by atoms with E-state index in [4.69, 9.17) is 21.8 Å². The molecule has 0 spiro atoms. The summed E-state index contributed by atoms with van der Waals surface area (Å²) in [4.78, 5) is 11.9. The molecule has 1 aromatic heterocycles. The van der Waals surface area contributed by atoms with Crippen LogP contribution in [-0.2, 0) is 0 Å². The molecular formula is C11H7BrClNO2. The van der Waals surface area contributed by atoms with Gasteiger partial charge in [-0.15, -0.1) is 0 Å². The van der Waals surface area contributed by atoms with Crippen LogP contribution in [0.4, 0.5) is 5.69 Å². The third-order valence-electron chi connectivity index (χ3n) is 1.98. The highest BCUT2D eigenvalue weighted by atomic mass is 79.9. The predicted molar refractivity (Wildman–Crippen MR) is 65.7 cm³/mol. The number of halogens is 2. The molecule has 1 heterocycles. The van der Waals surface area contributed by atoms with E-state index in [-0.39, 0.29) is 11.5 Å². The largest absolute Gasteiger partial charge is 0.446 e. The van der Waals surface area contributed by atoms with Crippen LogP contribution in [0.1, 0.15) is 16.1 Å². The summed E-state index contributed by atoms with van der Waals surface area (Å²) < 4.78 is 5.67. The zero-order chi connectivity index (χ0) is 11.7. The lowest BCUT2D eigenvalue weighted by atomic mass is 10.1. The predicted octanol–water partition coefficient (Wildman–Crippen LogP) is 3.51. The maximum atomic E-state index is 11.9. The van der Waals surface area contributed by atoms with Crippen molar-refractivity contribution in [2.75, 3.05) is 5.73 Å². The second kappa shape index (κ2) is 4.31. The molecule has 2 rings (SSSR count). The lowest BCUT2D eigenvalue weighted by Gasteiger charge is -2.00. The number of hydrogen-bond acceptors (Lipinski definition) is 3. The number of carbonyl (C=O) groups is 1. The van der Waals surface area contributed by atoms with Gasteiger partial charge in [0.2, 0.25) is 5.78 Å². The highest BCUT2D eigenvalue weighted by Gasteiger charge is 2.14. The Balaban J connectivity index is 2.41. The minimum atomic E-state index is -0.250. The van der Waals surface area contributed by atoms with Gasteiger partial charge >= 0.3 is 0 Å². The normalized spacial score (nSPS) is 10.4. The van der Waals surface area contributed by atoms with Crippen LogP contribution in [0.3, 0.4) is 0 Å². The molecule has 2 N–H and O–H groups in total. The summed E-state index contributed by atoms with van der Waals surface area (Å²) in [5.74, 6) is -0.00607. The zero-order valence-electron chi connectivity index (χ0n) is 8.04. The topological polar surface area (TPSA) is 56.2 Å². The molecule has 1 aromatic carbocycles. The van der Waals surface area contributed by atoms with Gasteiger partial charge in [-0.1, -0.05) is 11.6 Å². The summed E-state index contributed by atoms with van der Waals surface area (Å²) in [6.07, 6.45) is 0. The first-order chi connectivity index (χ1) is 7.56. The molecule has 2 aromatic rings. The van der Waals surface area contributed by atoms with E-state index in [1.54, 1.807) is 30.3 Å². The van der Waals surface area contributed by atoms with Gasteiger partial charge in [-0.3, -0.25) is 4.79 Å². The number of nitrogen functional groups attached to an aromatic ring is 1. The smallest absolute Gasteiger partial charge is 0.228 e. The average Bonchev–Trinajstić information content (AvgIpc) is 2.62. The van der Waals surface area contributed by atoms with Crippen molar-refractivity contribution in [3.8, 4) is 0 Å². The third-order valence-corrected chi connectivity index (χ3v) is 2.62. The number of benzene rings is 1. The number of anilines is 1. The monoisotopic (exact) mass is 299 g/mol. The Labute approximate surface area is 105 Å². The van der Waals surface area contributed by atoms with Gasteiger partial charge in [-0.05, 0) is 46.3 Å². The quantitative estimate of drug-likeness (QED) is 0.682. The van der Waals surface area contributed by atoms with Crippen LogP contribution in [0, 0.1) is 0 Å². The van der Waals surface area contributed by atoms with Gasteiger partial charge < -0.3 is 10.2 Å². The lowest BCUT2D eigenvalue weighted by molar-refractivity contribution is 0.101. The molecular weight excluding hydrogens is 293 g/mol. The average molecular weight is 301 g/mol. The molecule has 0 atom stereocenters. The Kier molecular flexibility index (Phi) is 3.03. The summed E-state index contributed by atoms with van der Waals surface area (Å²) in [5.41, 5.74) is 6.46. The summed E-state index contributed by atoms with van der Waals surface area (Å²) in [5, 5.41) is 0.425. The molecule has 0 aliphatic carbocycles. The standard InChI is InChI=1S/C11H7BrClNO2/c12-10-2-1-9(16-10)11(15)6-3-7(13)5-8(14)4-6/h1-5H,14H2. The molecule has 82 valence electrons. The highest BCUT2D eigenvalue weighted by molar-refractivity contribution is 9.10. The van der Waals surface area contributed by atoms with E-state index in [1.807, 2.05) is 0 Å². The van der Waals surface area contributed by atoms with Crippen molar-refractivity contribution in [1.29, 1.82) is 0 Å². The molecule has 5 heteroatoms. The Morgan fingerprint density at radius 3 is 2.62 bits per heavy atom. The van der Waals surface area contributed by atoms with Gasteiger partial charge in [-0.25, -0.2) is 0 Å². The van der Waals surface area contributed by atoms with Crippen LogP contribution in [0.15, 0.2) is 39.4 Å². The second-order valence-electron chi connectivity index (χ2n) is 3.21. The first kappa shape index (κ1) is 11.2. The number of carbonyl (C=O) groups excluding carboxylic acids is 1. The maximum Gasteiger partial charge on any atom is 0.228 e. The molecule has 3 nitrogen and oxygen atoms in total. The molecule has 0 unspecified atom stereocenters. The molecule has 0 saturated heterocycles. The van der Waals surface area contributed by atoms with E-state index in [9.17, 15) is 4.79 Å². The van der Waals surface area contributed by atoms with Crippen LogP contribution in [0.25, 0.3) is 0 Å². The first-order valence-electron chi connectivity index (χ1n) is 4.42. The van der Waals surface area contributed by atoms with Crippen LogP contribution in [0.5, 0.6) is 0 Å². The van der Waals surface area contributed by atoms with Crippen molar-refractivity contribution in [3.63, 3.8) is 0 Å². The van der Waals surface area contributed by atoms with E-state index < -0.39 is 0 Å². The Morgan fingerprint density at radius 2 is 2.06 bits per heavy atom. The fourth-order valence-corrected chi connectivity index (χ4v) is 1.87. The third kappa shape index (κ3) is 2.28. The molecule has 0 fully saturated rings. The minimum Gasteiger partial charge on any atom is -0.446 e. The number of hydrogen-bond donors (Lipinski definition) is 1. The van der Waals surface area contributed by atoms with Crippen LogP contribution >= 0.6 is 27.5 Å². The number of ketones is 1. The zero-order valence-corrected chi connectivity index (χ0v) is 10.4. The highest BCUT2D eigenvalue weighted by Crippen LogP contribution is 2.21. The molecule has 0 saturated carbocycles. The van der Waals surface area contributed by atoms with E-state index >= 15 is 0 Å². The minimum absolute atomic E-state index is 0.244. The molecule has 0 radical (unpaired) electrons. The Bertz CT molecular complexity index is 530. The molecule has 0 aliphatic rings. The SMILES string of the molecule is Nc1cc(Cl)cc(C(=O)c2ccc(Br)o2)c1. The van der Waals surface area contributed by atoms with Crippen LogP contribution in [-0.4, -0.2) is 5.78 Å². The molecule has 0 amide bonds. The van der Waals surface area contributed by atoms with Gasteiger partial charge in [0.05, 0.1) is 0 Å². The second-order valence-corrected chi connectivity index (χ2v) is 4.42. The van der Waals surface area contributed by atoms with Crippen LogP contribution in [0.2, 0.25) is 5.02 Å². The van der Waals surface area contributed by atoms with Crippen molar-refractivity contribution in [3.05, 3.63) is 51.3 Å². The summed E-state index contributed by atoms with van der Waals surface area (Å²) in [6, 6.07) is 7.93. The number of nitrogens with two attached hydrogens (primary N) is 1. The van der Waals surface area contributed by atoms with Crippen molar-refractivity contribution < 1.29 is 9.21 Å². The summed E-state index contributed by atoms with van der Waals surface area (Å²) in [7, 11) is 0. The lowest BCUT2D eigenvalue weighted by Crippen LogP contribution is -2.00. The van der Waals surface area contributed by atoms with Crippen molar-refractivity contribution in [1.82, 2.24) is 0 Å². The Hall–Kier alpha value is -1.26. The van der Waals surface area contributed by atoms with Crippen LogP contribution < -0.4 is 5.73 Å². The van der Waals surface area contributed by atoms with Gasteiger partial charge in [-0.2, -0.15) is 0 Å². The van der Waals surface area contributed by atoms with E-state index in [0.29, 0.717) is 20.9 Å².